The van der Waals surface area contributed by atoms with Crippen LogP contribution in [0.1, 0.15) is 32.3 Å². The molecule has 0 heterocycles. The van der Waals surface area contributed by atoms with Gasteiger partial charge in [-0.1, -0.05) is 6.92 Å². The van der Waals surface area contributed by atoms with Gasteiger partial charge in [0.1, 0.15) is 0 Å². The van der Waals surface area contributed by atoms with Crippen LogP contribution >= 0.6 is 0 Å². The largest absolute Gasteiger partial charge is 0.399 e. The predicted molar refractivity (Wildman–Crippen MR) is 74.5 cm³/mol. The zero-order valence-corrected chi connectivity index (χ0v) is 11.3. The van der Waals surface area contributed by atoms with Gasteiger partial charge in [0.05, 0.1) is 19.1 Å². The maximum atomic E-state index is 11.7. The van der Waals surface area contributed by atoms with Crippen LogP contribution in [0.5, 0.6) is 0 Å². The fraction of sp³-hybridized carbons (Fsp3) is 0.500. The molecule has 0 saturated carbocycles. The Bertz CT molecular complexity index is 405. The summed E-state index contributed by atoms with van der Waals surface area (Å²) in [5, 5.41) is 2.85. The molecule has 4 nitrogen and oxygen atoms in total. The number of benzene rings is 1. The molecule has 1 unspecified atom stereocenters. The Morgan fingerprint density at radius 1 is 1.50 bits per heavy atom. The van der Waals surface area contributed by atoms with Crippen LogP contribution < -0.4 is 11.1 Å². The van der Waals surface area contributed by atoms with Crippen molar-refractivity contribution in [2.75, 3.05) is 17.7 Å². The molecule has 0 saturated heterocycles. The standard InChI is InChI=1S/C14H22N2O2/c1-4-11(3)18-8-7-14(17)16-13-6-5-12(15)9-10(13)2/h5-6,9,11H,4,7-8,15H2,1-3H3,(H,16,17). The summed E-state index contributed by atoms with van der Waals surface area (Å²) in [5.41, 5.74) is 8.12. The summed E-state index contributed by atoms with van der Waals surface area (Å²) in [6.07, 6.45) is 1.53. The van der Waals surface area contributed by atoms with E-state index in [0.717, 1.165) is 17.7 Å². The number of carbonyl (C=O) groups excluding carboxylic acids is 1. The molecule has 0 radical (unpaired) electrons. The Labute approximate surface area is 109 Å². The molecule has 0 bridgehead atoms. The molecular formula is C14H22N2O2. The van der Waals surface area contributed by atoms with Crippen molar-refractivity contribution >= 4 is 17.3 Å². The molecule has 4 heteroatoms. The van der Waals surface area contributed by atoms with Crippen LogP contribution in [0.15, 0.2) is 18.2 Å². The smallest absolute Gasteiger partial charge is 0.226 e. The van der Waals surface area contributed by atoms with E-state index >= 15 is 0 Å². The van der Waals surface area contributed by atoms with Crippen molar-refractivity contribution in [2.45, 2.75) is 39.7 Å². The van der Waals surface area contributed by atoms with Gasteiger partial charge in [0.15, 0.2) is 0 Å². The van der Waals surface area contributed by atoms with Crippen LogP contribution in [-0.4, -0.2) is 18.6 Å². The maximum absolute atomic E-state index is 11.7. The highest BCUT2D eigenvalue weighted by molar-refractivity contribution is 5.91. The second-order valence-corrected chi connectivity index (χ2v) is 4.46. The quantitative estimate of drug-likeness (QED) is 0.763. The fourth-order valence-corrected chi connectivity index (χ4v) is 1.51. The highest BCUT2D eigenvalue weighted by Gasteiger charge is 2.06. The van der Waals surface area contributed by atoms with Crippen molar-refractivity contribution in [1.29, 1.82) is 0 Å². The second-order valence-electron chi connectivity index (χ2n) is 4.46. The molecule has 0 aliphatic carbocycles. The maximum Gasteiger partial charge on any atom is 0.226 e. The number of amides is 1. The molecular weight excluding hydrogens is 228 g/mol. The molecule has 0 fully saturated rings. The minimum Gasteiger partial charge on any atom is -0.399 e. The van der Waals surface area contributed by atoms with Crippen LogP contribution in [0, 0.1) is 6.92 Å². The highest BCUT2D eigenvalue weighted by atomic mass is 16.5. The SMILES string of the molecule is CCC(C)OCCC(=O)Nc1ccc(N)cc1C. The Hall–Kier alpha value is -1.55. The number of hydrogen-bond donors (Lipinski definition) is 2. The lowest BCUT2D eigenvalue weighted by Gasteiger charge is -2.11. The zero-order valence-electron chi connectivity index (χ0n) is 11.3. The van der Waals surface area contributed by atoms with Crippen molar-refractivity contribution in [3.8, 4) is 0 Å². The molecule has 0 aliphatic heterocycles. The van der Waals surface area contributed by atoms with Crippen molar-refractivity contribution < 1.29 is 9.53 Å². The third-order valence-corrected chi connectivity index (χ3v) is 2.83. The normalized spacial score (nSPS) is 12.2. The molecule has 0 aliphatic rings. The number of nitrogens with two attached hydrogens (primary N) is 1. The topological polar surface area (TPSA) is 64.3 Å². The first-order valence-electron chi connectivity index (χ1n) is 6.30. The Morgan fingerprint density at radius 3 is 2.83 bits per heavy atom. The molecule has 3 N–H and O–H groups in total. The number of nitrogens with one attached hydrogen (secondary N) is 1. The van der Waals surface area contributed by atoms with Gasteiger partial charge in [0, 0.05) is 11.4 Å². The van der Waals surface area contributed by atoms with Gasteiger partial charge in [-0.3, -0.25) is 4.79 Å². The number of anilines is 2. The predicted octanol–water partition coefficient (Wildman–Crippen LogP) is 2.72. The van der Waals surface area contributed by atoms with Crippen molar-refractivity contribution in [1.82, 2.24) is 0 Å². The molecule has 18 heavy (non-hydrogen) atoms. The average molecular weight is 250 g/mol. The molecule has 1 atom stereocenters. The van der Waals surface area contributed by atoms with E-state index in [1.54, 1.807) is 6.07 Å². The Morgan fingerprint density at radius 2 is 2.22 bits per heavy atom. The summed E-state index contributed by atoms with van der Waals surface area (Å²) in [6.45, 7) is 6.43. The van der Waals surface area contributed by atoms with Gasteiger partial charge in [-0.25, -0.2) is 0 Å². The van der Waals surface area contributed by atoms with E-state index < -0.39 is 0 Å². The first kappa shape index (κ1) is 14.5. The lowest BCUT2D eigenvalue weighted by atomic mass is 10.2. The number of hydrogen-bond acceptors (Lipinski definition) is 3. The fourth-order valence-electron chi connectivity index (χ4n) is 1.51. The summed E-state index contributed by atoms with van der Waals surface area (Å²) in [7, 11) is 0. The number of aryl methyl sites for hydroxylation is 1. The van der Waals surface area contributed by atoms with E-state index in [-0.39, 0.29) is 12.0 Å². The number of ether oxygens (including phenoxy) is 1. The van der Waals surface area contributed by atoms with Crippen LogP contribution in [0.3, 0.4) is 0 Å². The first-order valence-corrected chi connectivity index (χ1v) is 6.30. The van der Waals surface area contributed by atoms with E-state index in [0.29, 0.717) is 18.7 Å². The van der Waals surface area contributed by atoms with E-state index in [1.165, 1.54) is 0 Å². The first-order chi connectivity index (χ1) is 8.52. The average Bonchev–Trinajstić information content (AvgIpc) is 2.32. The van der Waals surface area contributed by atoms with Crippen molar-refractivity contribution in [3.63, 3.8) is 0 Å². The third kappa shape index (κ3) is 4.75. The van der Waals surface area contributed by atoms with Crippen LogP contribution in [0.2, 0.25) is 0 Å². The van der Waals surface area contributed by atoms with Gasteiger partial charge in [-0.2, -0.15) is 0 Å². The van der Waals surface area contributed by atoms with Gasteiger partial charge < -0.3 is 15.8 Å². The number of nitrogen functional groups attached to an aromatic ring is 1. The van der Waals surface area contributed by atoms with Crippen LogP contribution in [0.25, 0.3) is 0 Å². The van der Waals surface area contributed by atoms with E-state index in [9.17, 15) is 4.79 Å². The minimum atomic E-state index is -0.0359. The lowest BCUT2D eigenvalue weighted by molar-refractivity contribution is -0.117. The van der Waals surface area contributed by atoms with E-state index in [2.05, 4.69) is 12.2 Å². The van der Waals surface area contributed by atoms with Crippen LogP contribution in [-0.2, 0) is 9.53 Å². The van der Waals surface area contributed by atoms with Gasteiger partial charge in [-0.15, -0.1) is 0 Å². The molecule has 1 aromatic rings. The van der Waals surface area contributed by atoms with Gasteiger partial charge in [0.25, 0.3) is 0 Å². The monoisotopic (exact) mass is 250 g/mol. The van der Waals surface area contributed by atoms with Gasteiger partial charge in [-0.05, 0) is 44.0 Å². The Balaban J connectivity index is 2.40. The summed E-state index contributed by atoms with van der Waals surface area (Å²) in [6, 6.07) is 5.43. The van der Waals surface area contributed by atoms with E-state index in [1.807, 2.05) is 26.0 Å². The second kappa shape index (κ2) is 7.01. The number of carbonyl (C=O) groups is 1. The van der Waals surface area contributed by atoms with Crippen LogP contribution in [0.4, 0.5) is 11.4 Å². The summed E-state index contributed by atoms with van der Waals surface area (Å²) >= 11 is 0. The molecule has 1 amide bonds. The number of rotatable bonds is 6. The highest BCUT2D eigenvalue weighted by Crippen LogP contribution is 2.17. The lowest BCUT2D eigenvalue weighted by Crippen LogP contribution is -2.17. The van der Waals surface area contributed by atoms with Gasteiger partial charge in [0.2, 0.25) is 5.91 Å². The van der Waals surface area contributed by atoms with Crippen molar-refractivity contribution in [3.05, 3.63) is 23.8 Å². The Kier molecular flexibility index (Phi) is 5.65. The summed E-state index contributed by atoms with van der Waals surface area (Å²) in [5.74, 6) is -0.0359. The van der Waals surface area contributed by atoms with E-state index in [4.69, 9.17) is 10.5 Å². The summed E-state index contributed by atoms with van der Waals surface area (Å²) < 4.78 is 5.47. The third-order valence-electron chi connectivity index (χ3n) is 2.83. The molecule has 1 rings (SSSR count). The summed E-state index contributed by atoms with van der Waals surface area (Å²) in [4.78, 5) is 11.7. The molecule has 0 aromatic heterocycles. The minimum absolute atomic E-state index is 0.0359. The molecule has 1 aromatic carbocycles. The van der Waals surface area contributed by atoms with Gasteiger partial charge >= 0.3 is 0 Å². The van der Waals surface area contributed by atoms with Crippen molar-refractivity contribution in [2.24, 2.45) is 0 Å². The molecule has 100 valence electrons. The molecule has 0 spiro atoms. The zero-order chi connectivity index (χ0) is 13.5.